The van der Waals surface area contributed by atoms with E-state index in [-0.39, 0.29) is 0 Å². The van der Waals surface area contributed by atoms with Crippen molar-refractivity contribution in [1.82, 2.24) is 0 Å². The highest BCUT2D eigenvalue weighted by atomic mass is 16.6. The molecule has 0 heterocycles. The summed E-state index contributed by atoms with van der Waals surface area (Å²) >= 11 is 0. The van der Waals surface area contributed by atoms with Gasteiger partial charge in [-0.05, 0) is 24.8 Å². The molecule has 1 aromatic rings. The number of carbonyl (C=O) groups excluding carboxylic acids is 1. The van der Waals surface area contributed by atoms with Gasteiger partial charge in [0, 0.05) is 6.42 Å². The molecule has 0 aliphatic rings. The van der Waals surface area contributed by atoms with Crippen LogP contribution in [0.3, 0.4) is 0 Å². The summed E-state index contributed by atoms with van der Waals surface area (Å²) in [6.45, 7) is 2.05. The van der Waals surface area contributed by atoms with Crippen molar-refractivity contribution in [2.24, 2.45) is 0 Å². The van der Waals surface area contributed by atoms with Crippen molar-refractivity contribution in [3.63, 3.8) is 0 Å². The summed E-state index contributed by atoms with van der Waals surface area (Å²) in [4.78, 5) is 22.7. The maximum Gasteiger partial charge on any atom is 0.345 e. The first kappa shape index (κ1) is 16.2. The molecule has 1 rings (SSSR count). The number of aryl methyl sites for hydroxylation is 1. The van der Waals surface area contributed by atoms with E-state index < -0.39 is 18.0 Å². The largest absolute Gasteiger partial charge is 0.479 e. The third-order valence-corrected chi connectivity index (χ3v) is 3.07. The number of esters is 1. The van der Waals surface area contributed by atoms with Crippen molar-refractivity contribution < 1.29 is 19.4 Å². The third-order valence-electron chi connectivity index (χ3n) is 3.07. The zero-order chi connectivity index (χ0) is 14.8. The number of benzene rings is 1. The van der Waals surface area contributed by atoms with Gasteiger partial charge in [-0.25, -0.2) is 4.79 Å². The number of carboxylic acid groups (broad SMARTS) is 1. The van der Waals surface area contributed by atoms with E-state index in [9.17, 15) is 9.59 Å². The van der Waals surface area contributed by atoms with Gasteiger partial charge in [0.15, 0.2) is 6.10 Å². The smallest absolute Gasteiger partial charge is 0.345 e. The van der Waals surface area contributed by atoms with Crippen molar-refractivity contribution in [1.29, 1.82) is 0 Å². The molecule has 0 spiro atoms. The number of carboxylic acids is 1. The Balaban J connectivity index is 2.40. The summed E-state index contributed by atoms with van der Waals surface area (Å²) in [6, 6.07) is 9.58. The fourth-order valence-electron chi connectivity index (χ4n) is 1.91. The van der Waals surface area contributed by atoms with Crippen molar-refractivity contribution in [3.8, 4) is 0 Å². The minimum Gasteiger partial charge on any atom is -0.479 e. The topological polar surface area (TPSA) is 63.6 Å². The lowest BCUT2D eigenvalue weighted by atomic mass is 10.1. The zero-order valence-corrected chi connectivity index (χ0v) is 11.9. The van der Waals surface area contributed by atoms with Crippen LogP contribution in [0.25, 0.3) is 0 Å². The minimum atomic E-state index is -1.08. The van der Waals surface area contributed by atoms with Gasteiger partial charge in [-0.3, -0.25) is 4.79 Å². The molecule has 0 aliphatic carbocycles. The van der Waals surface area contributed by atoms with Crippen molar-refractivity contribution >= 4 is 11.9 Å². The number of ether oxygens (including phenoxy) is 1. The maximum atomic E-state index is 11.6. The van der Waals surface area contributed by atoms with Crippen molar-refractivity contribution in [2.45, 2.75) is 51.6 Å². The normalized spacial score (nSPS) is 11.8. The molecular formula is C16H22O4. The predicted molar refractivity (Wildman–Crippen MR) is 76.4 cm³/mol. The molecule has 110 valence electrons. The lowest BCUT2D eigenvalue weighted by Crippen LogP contribution is -2.27. The van der Waals surface area contributed by atoms with Gasteiger partial charge in [0.25, 0.3) is 0 Å². The molecule has 0 amide bonds. The van der Waals surface area contributed by atoms with Crippen molar-refractivity contribution in [2.75, 3.05) is 0 Å². The summed E-state index contributed by atoms with van der Waals surface area (Å²) in [5.41, 5.74) is 1.04. The predicted octanol–water partition coefficient (Wildman–Crippen LogP) is 3.20. The number of rotatable bonds is 9. The van der Waals surface area contributed by atoms with E-state index >= 15 is 0 Å². The zero-order valence-electron chi connectivity index (χ0n) is 11.9. The summed E-state index contributed by atoms with van der Waals surface area (Å²) < 4.78 is 5.04. The van der Waals surface area contributed by atoms with Gasteiger partial charge in [-0.2, -0.15) is 0 Å². The van der Waals surface area contributed by atoms with Crippen LogP contribution in [0.4, 0.5) is 0 Å². The van der Waals surface area contributed by atoms with Gasteiger partial charge in [-0.15, -0.1) is 0 Å². The Kier molecular flexibility index (Phi) is 7.40. The lowest BCUT2D eigenvalue weighted by Gasteiger charge is -2.13. The quantitative estimate of drug-likeness (QED) is 0.556. The molecule has 0 saturated carbocycles. The summed E-state index contributed by atoms with van der Waals surface area (Å²) in [7, 11) is 0. The first-order valence-electron chi connectivity index (χ1n) is 7.09. The maximum absolute atomic E-state index is 11.6. The molecule has 0 radical (unpaired) electrons. The van der Waals surface area contributed by atoms with Crippen molar-refractivity contribution in [3.05, 3.63) is 35.9 Å². The van der Waals surface area contributed by atoms with Gasteiger partial charge in [-0.1, -0.05) is 50.1 Å². The third kappa shape index (κ3) is 6.36. The molecule has 1 atom stereocenters. The second-order valence-electron chi connectivity index (χ2n) is 4.80. The molecule has 4 nitrogen and oxygen atoms in total. The summed E-state index contributed by atoms with van der Waals surface area (Å²) in [6.07, 6.45) is 2.85. The monoisotopic (exact) mass is 278 g/mol. The van der Waals surface area contributed by atoms with Crippen LogP contribution in [-0.4, -0.2) is 23.1 Å². The molecule has 0 unspecified atom stereocenters. The standard InChI is InChI=1S/C16H22O4/c1-2-3-5-10-15(17)20-14(16(18)19)12-11-13-8-6-4-7-9-13/h4,6-9,14H,2-3,5,10-12H2,1H3,(H,18,19)/t14-/m0/s1. The molecule has 0 bridgehead atoms. The number of unbranched alkanes of at least 4 members (excludes halogenated alkanes) is 2. The lowest BCUT2D eigenvalue weighted by molar-refractivity contribution is -0.164. The Bertz CT molecular complexity index is 414. The van der Waals surface area contributed by atoms with E-state index in [1.165, 1.54) is 0 Å². The Morgan fingerprint density at radius 1 is 1.20 bits per heavy atom. The SMILES string of the molecule is CCCCCC(=O)O[C@@H](CCc1ccccc1)C(=O)O. The van der Waals surface area contributed by atoms with Crippen LogP contribution >= 0.6 is 0 Å². The van der Waals surface area contributed by atoms with Crippen LogP contribution in [0.5, 0.6) is 0 Å². The Morgan fingerprint density at radius 3 is 2.50 bits per heavy atom. The molecule has 0 aromatic heterocycles. The van der Waals surface area contributed by atoms with Gasteiger partial charge in [0.1, 0.15) is 0 Å². The van der Waals surface area contributed by atoms with Crippen LogP contribution in [0.1, 0.15) is 44.6 Å². The summed E-state index contributed by atoms with van der Waals surface area (Å²) in [5.74, 6) is -1.50. The van der Waals surface area contributed by atoms with Gasteiger partial charge in [0.05, 0.1) is 0 Å². The van der Waals surface area contributed by atoms with E-state index in [1.54, 1.807) is 0 Å². The summed E-state index contributed by atoms with van der Waals surface area (Å²) in [5, 5.41) is 9.09. The molecule has 0 saturated heterocycles. The number of carbonyl (C=O) groups is 2. The second-order valence-corrected chi connectivity index (χ2v) is 4.80. The highest BCUT2D eigenvalue weighted by Gasteiger charge is 2.21. The molecule has 0 aliphatic heterocycles. The first-order valence-corrected chi connectivity index (χ1v) is 7.09. The Morgan fingerprint density at radius 2 is 1.90 bits per heavy atom. The first-order chi connectivity index (χ1) is 9.63. The average Bonchev–Trinajstić information content (AvgIpc) is 2.44. The highest BCUT2D eigenvalue weighted by Crippen LogP contribution is 2.10. The minimum absolute atomic E-state index is 0.295. The van der Waals surface area contributed by atoms with E-state index in [0.29, 0.717) is 19.3 Å². The molecular weight excluding hydrogens is 256 g/mol. The highest BCUT2D eigenvalue weighted by molar-refractivity contribution is 5.77. The number of hydrogen-bond donors (Lipinski definition) is 1. The number of hydrogen-bond acceptors (Lipinski definition) is 3. The van der Waals surface area contributed by atoms with Crippen LogP contribution in [-0.2, 0) is 20.7 Å². The molecule has 1 N–H and O–H groups in total. The van der Waals surface area contributed by atoms with Crippen LogP contribution < -0.4 is 0 Å². The van der Waals surface area contributed by atoms with Gasteiger partial charge < -0.3 is 9.84 Å². The fraction of sp³-hybridized carbons (Fsp3) is 0.500. The van der Waals surface area contributed by atoms with E-state index in [2.05, 4.69) is 0 Å². The van der Waals surface area contributed by atoms with Crippen LogP contribution in [0.2, 0.25) is 0 Å². The molecule has 0 fully saturated rings. The van der Waals surface area contributed by atoms with E-state index in [4.69, 9.17) is 9.84 Å². The molecule has 20 heavy (non-hydrogen) atoms. The molecule has 1 aromatic carbocycles. The van der Waals surface area contributed by atoms with Crippen LogP contribution in [0.15, 0.2) is 30.3 Å². The van der Waals surface area contributed by atoms with E-state index in [1.807, 2.05) is 37.3 Å². The molecule has 4 heteroatoms. The van der Waals surface area contributed by atoms with Gasteiger partial charge >= 0.3 is 11.9 Å². The van der Waals surface area contributed by atoms with Crippen LogP contribution in [0, 0.1) is 0 Å². The number of aliphatic carboxylic acids is 1. The Hall–Kier alpha value is -1.84. The second kappa shape index (κ2) is 9.13. The fourth-order valence-corrected chi connectivity index (χ4v) is 1.91. The Labute approximate surface area is 119 Å². The van der Waals surface area contributed by atoms with Gasteiger partial charge in [0.2, 0.25) is 0 Å². The average molecular weight is 278 g/mol. The van der Waals surface area contributed by atoms with E-state index in [0.717, 1.165) is 24.8 Å².